The van der Waals surface area contributed by atoms with E-state index in [4.69, 9.17) is 11.6 Å². The van der Waals surface area contributed by atoms with Gasteiger partial charge in [-0.25, -0.2) is 0 Å². The minimum atomic E-state index is -3.47. The lowest BCUT2D eigenvalue weighted by Gasteiger charge is -2.10. The van der Waals surface area contributed by atoms with Crippen LogP contribution in [0.4, 0.5) is 8.78 Å². The van der Waals surface area contributed by atoms with E-state index >= 15 is 0 Å². The van der Waals surface area contributed by atoms with Crippen molar-refractivity contribution in [2.75, 3.05) is 5.88 Å². The Morgan fingerprint density at radius 1 is 1.31 bits per heavy atom. The van der Waals surface area contributed by atoms with E-state index in [1.807, 2.05) is 0 Å². The zero-order chi connectivity index (χ0) is 9.90. The van der Waals surface area contributed by atoms with Crippen LogP contribution in [0.3, 0.4) is 0 Å². The van der Waals surface area contributed by atoms with Gasteiger partial charge >= 0.3 is 5.92 Å². The molecule has 0 bridgehead atoms. The summed E-state index contributed by atoms with van der Waals surface area (Å²) in [4.78, 5) is 11.1. The zero-order valence-electron chi connectivity index (χ0n) is 6.64. The van der Waals surface area contributed by atoms with E-state index in [1.165, 1.54) is 24.3 Å². The summed E-state index contributed by atoms with van der Waals surface area (Å²) in [6.45, 7) is 0. The molecule has 0 atom stereocenters. The fraction of sp³-hybridized carbons (Fsp3) is 0.222. The topological polar surface area (TPSA) is 17.1 Å². The van der Waals surface area contributed by atoms with Crippen LogP contribution in [-0.2, 0) is 0 Å². The third-order valence-corrected chi connectivity index (χ3v) is 1.87. The first-order valence-electron chi connectivity index (χ1n) is 3.61. The van der Waals surface area contributed by atoms with E-state index in [2.05, 4.69) is 0 Å². The maximum Gasteiger partial charge on any atom is 0.322 e. The zero-order valence-corrected chi connectivity index (χ0v) is 7.39. The van der Waals surface area contributed by atoms with Crippen molar-refractivity contribution < 1.29 is 13.6 Å². The molecule has 1 nitrogen and oxygen atoms in total. The van der Waals surface area contributed by atoms with Gasteiger partial charge < -0.3 is 0 Å². The van der Waals surface area contributed by atoms with Gasteiger partial charge in [0.25, 0.3) is 0 Å². The Bertz CT molecular complexity index is 298. The van der Waals surface area contributed by atoms with Gasteiger partial charge in [-0.15, -0.1) is 11.6 Å². The second kappa shape index (κ2) is 3.83. The largest absolute Gasteiger partial charge is 0.322 e. The third-order valence-electron chi connectivity index (χ3n) is 1.54. The first kappa shape index (κ1) is 10.1. The minimum Gasteiger partial charge on any atom is -0.287 e. The number of alkyl halides is 3. The molecule has 0 aliphatic rings. The Labute approximate surface area is 79.3 Å². The molecule has 0 aromatic heterocycles. The maximum atomic E-state index is 12.8. The van der Waals surface area contributed by atoms with Crippen molar-refractivity contribution in [3.05, 3.63) is 35.9 Å². The van der Waals surface area contributed by atoms with E-state index in [-0.39, 0.29) is 5.56 Å². The van der Waals surface area contributed by atoms with E-state index < -0.39 is 17.6 Å². The summed E-state index contributed by atoms with van der Waals surface area (Å²) in [7, 11) is 0. The van der Waals surface area contributed by atoms with Gasteiger partial charge in [0, 0.05) is 5.56 Å². The Morgan fingerprint density at radius 3 is 2.31 bits per heavy atom. The fourth-order valence-corrected chi connectivity index (χ4v) is 0.983. The average Bonchev–Trinajstić information content (AvgIpc) is 2.18. The number of Topliss-reactive ketones (excluding diaryl/α,β-unsaturated/α-hetero) is 1. The molecule has 13 heavy (non-hydrogen) atoms. The van der Waals surface area contributed by atoms with Crippen molar-refractivity contribution in [2.24, 2.45) is 0 Å². The molecular formula is C9H7ClF2O. The van der Waals surface area contributed by atoms with Crippen LogP contribution in [0.2, 0.25) is 0 Å². The lowest BCUT2D eigenvalue weighted by molar-refractivity contribution is 0.0242. The van der Waals surface area contributed by atoms with Crippen molar-refractivity contribution in [3.63, 3.8) is 0 Å². The molecule has 1 aromatic carbocycles. The quantitative estimate of drug-likeness (QED) is 0.547. The fourth-order valence-electron chi connectivity index (χ4n) is 0.861. The van der Waals surface area contributed by atoms with Crippen LogP contribution in [0.1, 0.15) is 10.4 Å². The van der Waals surface area contributed by atoms with Crippen LogP contribution >= 0.6 is 11.6 Å². The highest BCUT2D eigenvalue weighted by molar-refractivity contribution is 6.21. The summed E-state index contributed by atoms with van der Waals surface area (Å²) < 4.78 is 25.5. The van der Waals surface area contributed by atoms with Crippen molar-refractivity contribution in [1.29, 1.82) is 0 Å². The molecular weight excluding hydrogens is 198 g/mol. The number of carbonyl (C=O) groups is 1. The number of hydrogen-bond acceptors (Lipinski definition) is 1. The highest BCUT2D eigenvalue weighted by Gasteiger charge is 2.37. The Balaban J connectivity index is 2.93. The lowest BCUT2D eigenvalue weighted by atomic mass is 10.1. The summed E-state index contributed by atoms with van der Waals surface area (Å²) >= 11 is 4.97. The Kier molecular flexibility index (Phi) is 2.98. The Hall–Kier alpha value is -0.960. The molecule has 0 heterocycles. The number of rotatable bonds is 3. The number of hydrogen-bond donors (Lipinski definition) is 0. The normalized spacial score (nSPS) is 11.3. The summed E-state index contributed by atoms with van der Waals surface area (Å²) in [5.41, 5.74) is -0.0202. The lowest BCUT2D eigenvalue weighted by Crippen LogP contribution is -2.30. The van der Waals surface area contributed by atoms with E-state index in [9.17, 15) is 13.6 Å². The van der Waals surface area contributed by atoms with Crippen molar-refractivity contribution in [1.82, 2.24) is 0 Å². The van der Waals surface area contributed by atoms with Gasteiger partial charge in [0.05, 0.1) is 5.88 Å². The molecule has 1 rings (SSSR count). The number of carbonyl (C=O) groups excluding carboxylic acids is 1. The minimum absolute atomic E-state index is 0.0202. The predicted octanol–water partition coefficient (Wildman–Crippen LogP) is 2.74. The molecule has 1 aromatic rings. The van der Waals surface area contributed by atoms with Gasteiger partial charge in [-0.05, 0) is 0 Å². The first-order valence-corrected chi connectivity index (χ1v) is 4.15. The molecule has 0 amide bonds. The summed E-state index contributed by atoms with van der Waals surface area (Å²) in [5.74, 6) is -5.69. The van der Waals surface area contributed by atoms with Crippen LogP contribution in [0, 0.1) is 0 Å². The van der Waals surface area contributed by atoms with Gasteiger partial charge in [0.2, 0.25) is 5.78 Å². The van der Waals surface area contributed by atoms with Gasteiger partial charge in [-0.3, -0.25) is 4.79 Å². The number of benzene rings is 1. The summed E-state index contributed by atoms with van der Waals surface area (Å²) in [6.07, 6.45) is 0. The van der Waals surface area contributed by atoms with Crippen LogP contribution in [0.15, 0.2) is 30.3 Å². The molecule has 0 saturated heterocycles. The van der Waals surface area contributed by atoms with Crippen LogP contribution in [-0.4, -0.2) is 17.6 Å². The molecule has 0 N–H and O–H groups in total. The van der Waals surface area contributed by atoms with E-state index in [0.29, 0.717) is 0 Å². The molecule has 0 fully saturated rings. The third kappa shape index (κ3) is 2.25. The van der Waals surface area contributed by atoms with Gasteiger partial charge in [0.15, 0.2) is 0 Å². The monoisotopic (exact) mass is 204 g/mol. The standard InChI is InChI=1S/C9H7ClF2O/c10-6-9(11,12)8(13)7-4-2-1-3-5-7/h1-5H,6H2. The highest BCUT2D eigenvalue weighted by atomic mass is 35.5. The summed E-state index contributed by atoms with van der Waals surface area (Å²) in [6, 6.07) is 7.37. The van der Waals surface area contributed by atoms with Gasteiger partial charge in [-0.2, -0.15) is 8.78 Å². The predicted molar refractivity (Wildman–Crippen MR) is 46.4 cm³/mol. The van der Waals surface area contributed by atoms with Gasteiger partial charge in [-0.1, -0.05) is 30.3 Å². The molecule has 0 unspecified atom stereocenters. The second-order valence-corrected chi connectivity index (χ2v) is 2.80. The highest BCUT2D eigenvalue weighted by Crippen LogP contribution is 2.21. The van der Waals surface area contributed by atoms with E-state index in [0.717, 1.165) is 0 Å². The number of ketones is 1. The van der Waals surface area contributed by atoms with Gasteiger partial charge in [0.1, 0.15) is 0 Å². The van der Waals surface area contributed by atoms with Crippen LogP contribution in [0.25, 0.3) is 0 Å². The molecule has 0 aliphatic carbocycles. The molecule has 0 aliphatic heterocycles. The Morgan fingerprint density at radius 2 is 1.85 bits per heavy atom. The molecule has 0 saturated carbocycles. The smallest absolute Gasteiger partial charge is 0.287 e. The molecule has 0 spiro atoms. The maximum absolute atomic E-state index is 12.8. The molecule has 0 radical (unpaired) electrons. The van der Waals surface area contributed by atoms with Crippen molar-refractivity contribution in [3.8, 4) is 0 Å². The van der Waals surface area contributed by atoms with Crippen molar-refractivity contribution >= 4 is 17.4 Å². The first-order chi connectivity index (χ1) is 6.08. The van der Waals surface area contributed by atoms with Crippen LogP contribution in [0.5, 0.6) is 0 Å². The van der Waals surface area contributed by atoms with E-state index in [1.54, 1.807) is 6.07 Å². The number of halogens is 3. The second-order valence-electron chi connectivity index (χ2n) is 2.53. The SMILES string of the molecule is O=C(c1ccccc1)C(F)(F)CCl. The average molecular weight is 205 g/mol. The molecule has 70 valence electrons. The van der Waals surface area contributed by atoms with Crippen LogP contribution < -0.4 is 0 Å². The molecule has 4 heteroatoms. The van der Waals surface area contributed by atoms with Crippen molar-refractivity contribution in [2.45, 2.75) is 5.92 Å². The summed E-state index contributed by atoms with van der Waals surface area (Å²) in [5, 5.41) is 0.